The van der Waals surface area contributed by atoms with Crippen LogP contribution in [0.15, 0.2) is 9.95 Å². The molecule has 0 saturated heterocycles. The van der Waals surface area contributed by atoms with Gasteiger partial charge in [0.05, 0.1) is 30.8 Å². The maximum absolute atomic E-state index is 13.0. The Morgan fingerprint density at radius 2 is 2.07 bits per heavy atom. The van der Waals surface area contributed by atoms with Crippen molar-refractivity contribution in [2.75, 3.05) is 40.1 Å². The zero-order valence-electron chi connectivity index (χ0n) is 16.1. The summed E-state index contributed by atoms with van der Waals surface area (Å²) in [6, 6.07) is 0. The van der Waals surface area contributed by atoms with Crippen molar-refractivity contribution < 1.29 is 14.3 Å². The Hall–Kier alpha value is -1.91. The first-order valence-electron chi connectivity index (χ1n) is 8.37. The second-order valence-electron chi connectivity index (χ2n) is 6.02. The Kier molecular flexibility index (Phi) is 7.40. The number of likely N-dealkylation sites (N-methyl/N-ethyl adjacent to an activating group) is 2. The molecule has 0 aliphatic carbocycles. The van der Waals surface area contributed by atoms with E-state index in [-0.39, 0.29) is 29.7 Å². The summed E-state index contributed by atoms with van der Waals surface area (Å²) in [5.74, 6) is -0.367. The lowest BCUT2D eigenvalue weighted by Crippen LogP contribution is -2.37. The van der Waals surface area contributed by atoms with Gasteiger partial charge in [-0.25, -0.2) is 4.98 Å². The summed E-state index contributed by atoms with van der Waals surface area (Å²) >= 11 is 2.67. The third-order valence-electron chi connectivity index (χ3n) is 4.18. The Bertz CT molecular complexity index is 906. The van der Waals surface area contributed by atoms with E-state index < -0.39 is 0 Å². The van der Waals surface area contributed by atoms with Crippen LogP contribution in [0.1, 0.15) is 10.4 Å². The fraction of sp³-hybridized carbons (Fsp3) is 0.529. The summed E-state index contributed by atoms with van der Waals surface area (Å²) < 4.78 is 6.67. The maximum atomic E-state index is 13.0. The second-order valence-corrected chi connectivity index (χ2v) is 8.16. The molecule has 2 aromatic heterocycles. The zero-order chi connectivity index (χ0) is 20.1. The minimum atomic E-state index is -0.239. The van der Waals surface area contributed by atoms with Crippen molar-refractivity contribution in [2.24, 2.45) is 0 Å². The molecule has 10 heteroatoms. The number of carbonyl (C=O) groups excluding carboxylic acids is 2. The number of carbonyl (C=O) groups is 2. The Morgan fingerprint density at radius 1 is 1.37 bits per heavy atom. The third-order valence-corrected chi connectivity index (χ3v) is 6.25. The monoisotopic (exact) mass is 412 g/mol. The van der Waals surface area contributed by atoms with Gasteiger partial charge in [0.1, 0.15) is 4.83 Å². The molecule has 0 aromatic carbocycles. The smallest absolute Gasteiger partial charge is 0.263 e. The van der Waals surface area contributed by atoms with Gasteiger partial charge in [-0.3, -0.25) is 19.0 Å². The molecule has 2 aromatic rings. The van der Waals surface area contributed by atoms with Gasteiger partial charge in [-0.2, -0.15) is 0 Å². The Morgan fingerprint density at radius 3 is 2.70 bits per heavy atom. The molecule has 0 spiro atoms. The molecule has 0 bridgehead atoms. The van der Waals surface area contributed by atoms with Crippen LogP contribution >= 0.6 is 23.1 Å². The SMILES string of the molecule is CNC(=O)CN(C)C(=O)CSc1nc2sc(C)c(C)c2c(=O)n1CCOC. The van der Waals surface area contributed by atoms with Gasteiger partial charge in [0.25, 0.3) is 5.56 Å². The summed E-state index contributed by atoms with van der Waals surface area (Å²) in [6.45, 7) is 4.60. The van der Waals surface area contributed by atoms with Crippen LogP contribution in [0.25, 0.3) is 10.2 Å². The number of amides is 2. The van der Waals surface area contributed by atoms with Crippen LogP contribution in [0, 0.1) is 13.8 Å². The molecule has 0 saturated carbocycles. The van der Waals surface area contributed by atoms with Crippen LogP contribution in [0.5, 0.6) is 0 Å². The number of methoxy groups -OCH3 is 1. The first-order valence-corrected chi connectivity index (χ1v) is 10.2. The van der Waals surface area contributed by atoms with Crippen LogP contribution < -0.4 is 10.9 Å². The molecule has 1 N–H and O–H groups in total. The van der Waals surface area contributed by atoms with E-state index >= 15 is 0 Å². The molecular formula is C17H24N4O4S2. The lowest BCUT2D eigenvalue weighted by Gasteiger charge is -2.16. The molecule has 0 fully saturated rings. The normalized spacial score (nSPS) is 11.0. The topological polar surface area (TPSA) is 93.5 Å². The van der Waals surface area contributed by atoms with Gasteiger partial charge in [-0.05, 0) is 19.4 Å². The molecule has 0 aliphatic heterocycles. The number of thioether (sulfide) groups is 1. The molecule has 0 aliphatic rings. The van der Waals surface area contributed by atoms with Gasteiger partial charge in [0.2, 0.25) is 11.8 Å². The molecule has 27 heavy (non-hydrogen) atoms. The lowest BCUT2D eigenvalue weighted by atomic mass is 10.2. The van der Waals surface area contributed by atoms with E-state index in [4.69, 9.17) is 4.74 Å². The number of nitrogens with one attached hydrogen (secondary N) is 1. The van der Waals surface area contributed by atoms with Crippen LogP contribution in [-0.2, 0) is 20.9 Å². The van der Waals surface area contributed by atoms with Gasteiger partial charge in [-0.15, -0.1) is 11.3 Å². The number of fused-ring (bicyclic) bond motifs is 1. The minimum absolute atomic E-state index is 0.0118. The van der Waals surface area contributed by atoms with Gasteiger partial charge in [-0.1, -0.05) is 11.8 Å². The summed E-state index contributed by atoms with van der Waals surface area (Å²) in [5.41, 5.74) is 0.823. The molecular weight excluding hydrogens is 388 g/mol. The van der Waals surface area contributed by atoms with E-state index in [1.165, 1.54) is 35.0 Å². The number of nitrogens with zero attached hydrogens (tertiary/aromatic N) is 3. The predicted molar refractivity (Wildman–Crippen MR) is 108 cm³/mol. The van der Waals surface area contributed by atoms with Gasteiger partial charge >= 0.3 is 0 Å². The van der Waals surface area contributed by atoms with Crippen molar-refractivity contribution in [3.05, 3.63) is 20.8 Å². The first kappa shape index (κ1) is 21.4. The second kappa shape index (κ2) is 9.34. The largest absolute Gasteiger partial charge is 0.383 e. The summed E-state index contributed by atoms with van der Waals surface area (Å²) in [6.07, 6.45) is 0. The highest BCUT2D eigenvalue weighted by molar-refractivity contribution is 7.99. The van der Waals surface area contributed by atoms with E-state index in [1.807, 2.05) is 13.8 Å². The van der Waals surface area contributed by atoms with Crippen LogP contribution in [0.4, 0.5) is 0 Å². The average molecular weight is 413 g/mol. The molecule has 2 heterocycles. The van der Waals surface area contributed by atoms with E-state index in [0.717, 1.165) is 10.4 Å². The highest BCUT2D eigenvalue weighted by Crippen LogP contribution is 2.28. The number of thiophene rings is 1. The number of aromatic nitrogens is 2. The van der Waals surface area contributed by atoms with Crippen molar-refractivity contribution in [1.29, 1.82) is 0 Å². The number of aryl methyl sites for hydroxylation is 2. The third kappa shape index (κ3) is 4.88. The first-order chi connectivity index (χ1) is 12.8. The number of rotatable bonds is 8. The maximum Gasteiger partial charge on any atom is 0.263 e. The Labute approximate surface area is 165 Å². The van der Waals surface area contributed by atoms with Crippen molar-refractivity contribution in [1.82, 2.24) is 19.8 Å². The molecule has 0 atom stereocenters. The zero-order valence-corrected chi connectivity index (χ0v) is 17.8. The van der Waals surface area contributed by atoms with Gasteiger partial charge in [0, 0.05) is 26.1 Å². The van der Waals surface area contributed by atoms with Crippen molar-refractivity contribution >= 4 is 45.1 Å². The quantitative estimate of drug-likeness (QED) is 0.514. The van der Waals surface area contributed by atoms with Crippen molar-refractivity contribution in [3.63, 3.8) is 0 Å². The van der Waals surface area contributed by atoms with Crippen LogP contribution in [0.2, 0.25) is 0 Å². The summed E-state index contributed by atoms with van der Waals surface area (Å²) in [7, 11) is 4.66. The molecule has 2 rings (SSSR count). The van der Waals surface area contributed by atoms with Crippen LogP contribution in [-0.4, -0.2) is 66.4 Å². The predicted octanol–water partition coefficient (Wildman–Crippen LogP) is 1.02. The number of hydrogen-bond acceptors (Lipinski definition) is 7. The van der Waals surface area contributed by atoms with E-state index in [1.54, 1.807) is 18.7 Å². The standard InChI is InChI=1S/C17H24N4O4S2/c1-10-11(2)27-15-14(10)16(24)21(6-7-25-5)17(19-15)26-9-13(23)20(4)8-12(22)18-3/h6-9H2,1-5H3,(H,18,22). The number of ether oxygens (including phenoxy) is 1. The number of hydrogen-bond donors (Lipinski definition) is 1. The van der Waals surface area contributed by atoms with Gasteiger partial charge < -0.3 is 15.0 Å². The molecule has 0 radical (unpaired) electrons. The summed E-state index contributed by atoms with van der Waals surface area (Å²) in [5, 5.41) is 3.59. The minimum Gasteiger partial charge on any atom is -0.383 e. The van der Waals surface area contributed by atoms with E-state index in [0.29, 0.717) is 28.5 Å². The Balaban J connectivity index is 2.29. The molecule has 148 valence electrons. The fourth-order valence-corrected chi connectivity index (χ4v) is 4.45. The molecule has 0 unspecified atom stereocenters. The van der Waals surface area contributed by atoms with Crippen molar-refractivity contribution in [2.45, 2.75) is 25.5 Å². The van der Waals surface area contributed by atoms with E-state index in [9.17, 15) is 14.4 Å². The highest BCUT2D eigenvalue weighted by atomic mass is 32.2. The highest BCUT2D eigenvalue weighted by Gasteiger charge is 2.19. The van der Waals surface area contributed by atoms with Crippen molar-refractivity contribution in [3.8, 4) is 0 Å². The van der Waals surface area contributed by atoms with Gasteiger partial charge in [0.15, 0.2) is 5.16 Å². The summed E-state index contributed by atoms with van der Waals surface area (Å²) in [4.78, 5) is 44.4. The molecule has 8 nitrogen and oxygen atoms in total. The van der Waals surface area contributed by atoms with E-state index in [2.05, 4.69) is 10.3 Å². The fourth-order valence-electron chi connectivity index (χ4n) is 2.42. The van der Waals surface area contributed by atoms with Crippen LogP contribution in [0.3, 0.4) is 0 Å². The lowest BCUT2D eigenvalue weighted by molar-refractivity contribution is -0.132. The molecule has 2 amide bonds. The average Bonchev–Trinajstić information content (AvgIpc) is 2.92.